The summed E-state index contributed by atoms with van der Waals surface area (Å²) >= 11 is 0. The van der Waals surface area contributed by atoms with Gasteiger partial charge in [0.2, 0.25) is 5.91 Å². The second-order valence-corrected chi connectivity index (χ2v) is 4.50. The first-order chi connectivity index (χ1) is 8.24. The first kappa shape index (κ1) is 14.4. The number of hydrogen-bond donors (Lipinski definition) is 1. The third-order valence-electron chi connectivity index (χ3n) is 3.13. The summed E-state index contributed by atoms with van der Waals surface area (Å²) in [6.07, 6.45) is 1.40. The lowest BCUT2D eigenvalue weighted by Crippen LogP contribution is -2.46. The van der Waals surface area contributed by atoms with E-state index in [2.05, 4.69) is 10.2 Å². The zero-order valence-electron chi connectivity index (χ0n) is 11.1. The fourth-order valence-electron chi connectivity index (χ4n) is 1.91. The molecule has 1 saturated heterocycles. The largest absolute Gasteiger partial charge is 0.385 e. The van der Waals surface area contributed by atoms with Crippen LogP contribution in [0.5, 0.6) is 0 Å². The van der Waals surface area contributed by atoms with Crippen molar-refractivity contribution >= 4 is 5.91 Å². The molecule has 1 fully saturated rings. The summed E-state index contributed by atoms with van der Waals surface area (Å²) in [7, 11) is 3.55. The molecule has 1 rings (SSSR count). The number of ether oxygens (including phenoxy) is 1. The number of rotatable bonds is 7. The number of piperazine rings is 1. The van der Waals surface area contributed by atoms with Crippen LogP contribution in [-0.2, 0) is 9.53 Å². The van der Waals surface area contributed by atoms with Crippen LogP contribution < -0.4 is 5.32 Å². The minimum absolute atomic E-state index is 0.220. The van der Waals surface area contributed by atoms with Crippen LogP contribution in [0.25, 0.3) is 0 Å². The van der Waals surface area contributed by atoms with Crippen molar-refractivity contribution in [2.24, 2.45) is 0 Å². The predicted molar refractivity (Wildman–Crippen MR) is 68.1 cm³/mol. The smallest absolute Gasteiger partial charge is 0.222 e. The lowest BCUT2D eigenvalue weighted by atomic mass is 10.3. The van der Waals surface area contributed by atoms with Crippen LogP contribution >= 0.6 is 0 Å². The van der Waals surface area contributed by atoms with E-state index in [0.29, 0.717) is 13.0 Å². The zero-order chi connectivity index (χ0) is 12.5. The van der Waals surface area contributed by atoms with Gasteiger partial charge in [0.1, 0.15) is 0 Å². The van der Waals surface area contributed by atoms with Crippen LogP contribution in [0.1, 0.15) is 12.8 Å². The Kier molecular flexibility index (Phi) is 7.16. The highest BCUT2D eigenvalue weighted by molar-refractivity contribution is 5.75. The third-order valence-corrected chi connectivity index (χ3v) is 3.13. The minimum atomic E-state index is 0.220. The van der Waals surface area contributed by atoms with Crippen LogP contribution in [0.3, 0.4) is 0 Å². The van der Waals surface area contributed by atoms with E-state index in [0.717, 1.165) is 45.7 Å². The lowest BCUT2D eigenvalue weighted by Gasteiger charge is -2.29. The van der Waals surface area contributed by atoms with Crippen molar-refractivity contribution in [2.75, 3.05) is 60.0 Å². The average Bonchev–Trinajstić information content (AvgIpc) is 2.37. The fourth-order valence-corrected chi connectivity index (χ4v) is 1.91. The maximum Gasteiger partial charge on any atom is 0.222 e. The molecule has 0 spiro atoms. The molecule has 1 N–H and O–H groups in total. The molecule has 0 aliphatic carbocycles. The molecule has 5 nitrogen and oxygen atoms in total. The van der Waals surface area contributed by atoms with Gasteiger partial charge in [0, 0.05) is 66.5 Å². The molecule has 1 amide bonds. The third kappa shape index (κ3) is 6.00. The molecule has 0 aromatic heterocycles. The molecular weight excluding hydrogens is 218 g/mol. The molecule has 1 aliphatic rings. The lowest BCUT2D eigenvalue weighted by molar-refractivity contribution is -0.130. The molecule has 100 valence electrons. The Labute approximate surface area is 104 Å². The van der Waals surface area contributed by atoms with Gasteiger partial charge in [0.25, 0.3) is 0 Å². The standard InChI is InChI=1S/C12H25N3O2/c1-14(12(16)4-3-11-17-2)9-10-15-7-5-13-6-8-15/h13H,3-11H2,1-2H3. The first-order valence-corrected chi connectivity index (χ1v) is 6.40. The summed E-state index contributed by atoms with van der Waals surface area (Å²) in [5.41, 5.74) is 0. The molecule has 1 aliphatic heterocycles. The van der Waals surface area contributed by atoms with Crippen molar-refractivity contribution in [3.63, 3.8) is 0 Å². The summed E-state index contributed by atoms with van der Waals surface area (Å²) in [5.74, 6) is 0.220. The number of hydrogen-bond acceptors (Lipinski definition) is 4. The van der Waals surface area contributed by atoms with Gasteiger partial charge in [-0.25, -0.2) is 0 Å². The van der Waals surface area contributed by atoms with E-state index in [4.69, 9.17) is 4.74 Å². The second kappa shape index (κ2) is 8.44. The van der Waals surface area contributed by atoms with Gasteiger partial charge in [-0.05, 0) is 6.42 Å². The molecule has 0 aromatic rings. The molecule has 0 unspecified atom stereocenters. The molecule has 5 heteroatoms. The maximum atomic E-state index is 11.7. The number of likely N-dealkylation sites (N-methyl/N-ethyl adjacent to an activating group) is 1. The van der Waals surface area contributed by atoms with Crippen LogP contribution in [0, 0.1) is 0 Å². The molecule has 0 atom stereocenters. The van der Waals surface area contributed by atoms with E-state index in [1.807, 2.05) is 11.9 Å². The number of carbonyl (C=O) groups excluding carboxylic acids is 1. The molecule has 0 radical (unpaired) electrons. The molecule has 0 saturated carbocycles. The van der Waals surface area contributed by atoms with Crippen molar-refractivity contribution < 1.29 is 9.53 Å². The summed E-state index contributed by atoms with van der Waals surface area (Å²) in [5, 5.41) is 3.32. The number of nitrogens with one attached hydrogen (secondary N) is 1. The molecular formula is C12H25N3O2. The van der Waals surface area contributed by atoms with Gasteiger partial charge in [-0.2, -0.15) is 0 Å². The van der Waals surface area contributed by atoms with Crippen LogP contribution in [0.4, 0.5) is 0 Å². The Hall–Kier alpha value is -0.650. The topological polar surface area (TPSA) is 44.8 Å². The van der Waals surface area contributed by atoms with Crippen molar-refractivity contribution in [3.8, 4) is 0 Å². The van der Waals surface area contributed by atoms with Crippen molar-refractivity contribution in [1.29, 1.82) is 0 Å². The second-order valence-electron chi connectivity index (χ2n) is 4.50. The Morgan fingerprint density at radius 2 is 2.12 bits per heavy atom. The Bertz CT molecular complexity index is 218. The highest BCUT2D eigenvalue weighted by Crippen LogP contribution is 1.98. The van der Waals surface area contributed by atoms with Crippen LogP contribution in [-0.4, -0.2) is 75.7 Å². The Morgan fingerprint density at radius 1 is 1.41 bits per heavy atom. The SMILES string of the molecule is COCCCC(=O)N(C)CCN1CCNCC1. The van der Waals surface area contributed by atoms with E-state index in [1.165, 1.54) is 0 Å². The van der Waals surface area contributed by atoms with E-state index in [-0.39, 0.29) is 5.91 Å². The van der Waals surface area contributed by atoms with Gasteiger partial charge >= 0.3 is 0 Å². The summed E-state index contributed by atoms with van der Waals surface area (Å²) < 4.78 is 4.94. The van der Waals surface area contributed by atoms with E-state index in [9.17, 15) is 4.79 Å². The summed E-state index contributed by atoms with van der Waals surface area (Å²) in [4.78, 5) is 16.0. The average molecular weight is 243 g/mol. The normalized spacial score (nSPS) is 17.1. The first-order valence-electron chi connectivity index (χ1n) is 6.40. The molecule has 17 heavy (non-hydrogen) atoms. The Morgan fingerprint density at radius 3 is 2.76 bits per heavy atom. The molecule has 0 bridgehead atoms. The van der Waals surface area contributed by atoms with Crippen molar-refractivity contribution in [3.05, 3.63) is 0 Å². The van der Waals surface area contributed by atoms with E-state index < -0.39 is 0 Å². The highest BCUT2D eigenvalue weighted by Gasteiger charge is 2.12. The number of carbonyl (C=O) groups is 1. The quantitative estimate of drug-likeness (QED) is 0.628. The number of methoxy groups -OCH3 is 1. The van der Waals surface area contributed by atoms with Gasteiger partial charge < -0.3 is 15.0 Å². The van der Waals surface area contributed by atoms with Gasteiger partial charge in [-0.1, -0.05) is 0 Å². The van der Waals surface area contributed by atoms with Gasteiger partial charge in [0.05, 0.1) is 0 Å². The Balaban J connectivity index is 2.10. The van der Waals surface area contributed by atoms with E-state index >= 15 is 0 Å². The molecule has 0 aromatic carbocycles. The van der Waals surface area contributed by atoms with Gasteiger partial charge in [-0.15, -0.1) is 0 Å². The monoisotopic (exact) mass is 243 g/mol. The van der Waals surface area contributed by atoms with Crippen LogP contribution in [0.15, 0.2) is 0 Å². The number of amides is 1. The van der Waals surface area contributed by atoms with E-state index in [1.54, 1.807) is 7.11 Å². The van der Waals surface area contributed by atoms with Gasteiger partial charge in [0.15, 0.2) is 0 Å². The fraction of sp³-hybridized carbons (Fsp3) is 0.917. The zero-order valence-corrected chi connectivity index (χ0v) is 11.1. The number of nitrogens with zero attached hydrogens (tertiary/aromatic N) is 2. The summed E-state index contributed by atoms with van der Waals surface area (Å²) in [6.45, 7) is 6.77. The molecule has 1 heterocycles. The highest BCUT2D eigenvalue weighted by atomic mass is 16.5. The van der Waals surface area contributed by atoms with Gasteiger partial charge in [-0.3, -0.25) is 9.69 Å². The van der Waals surface area contributed by atoms with Crippen molar-refractivity contribution in [1.82, 2.24) is 15.1 Å². The minimum Gasteiger partial charge on any atom is -0.385 e. The predicted octanol–water partition coefficient (Wildman–Crippen LogP) is -0.223. The van der Waals surface area contributed by atoms with Crippen LogP contribution in [0.2, 0.25) is 0 Å². The summed E-state index contributed by atoms with van der Waals surface area (Å²) in [6, 6.07) is 0. The van der Waals surface area contributed by atoms with Crippen molar-refractivity contribution in [2.45, 2.75) is 12.8 Å². The maximum absolute atomic E-state index is 11.7.